The lowest BCUT2D eigenvalue weighted by Crippen LogP contribution is -1.88. The number of hydrogen-bond donors (Lipinski definition) is 0. The Hall–Kier alpha value is -0.960. The average molecular weight is 306 g/mol. The molecule has 0 aliphatic carbocycles. The largest absolute Gasteiger partial charge is 0.456 e. The molecule has 0 saturated carbocycles. The van der Waals surface area contributed by atoms with Crippen molar-refractivity contribution in [1.29, 1.82) is 0 Å². The van der Waals surface area contributed by atoms with E-state index in [1.807, 2.05) is 0 Å². The maximum Gasteiger partial charge on any atom is 0.146 e. The van der Waals surface area contributed by atoms with Gasteiger partial charge in [-0.1, -0.05) is 29.3 Å². The molecule has 0 atom stereocenters. The molecule has 0 fully saturated rings. The summed E-state index contributed by atoms with van der Waals surface area (Å²) in [5.74, 6) is 0.800. The summed E-state index contributed by atoms with van der Waals surface area (Å²) in [5.41, 5.74) is 0.816. The summed E-state index contributed by atoms with van der Waals surface area (Å²) >= 11 is 17.6. The molecule has 0 radical (unpaired) electrons. The van der Waals surface area contributed by atoms with Crippen molar-refractivity contribution in [1.82, 2.24) is 0 Å². The molecule has 0 aliphatic heterocycles. The van der Waals surface area contributed by atoms with Gasteiger partial charge >= 0.3 is 0 Å². The van der Waals surface area contributed by atoms with Crippen LogP contribution in [0.15, 0.2) is 36.4 Å². The van der Waals surface area contributed by atoms with Gasteiger partial charge in [0.05, 0.1) is 5.02 Å². The summed E-state index contributed by atoms with van der Waals surface area (Å²) in [6, 6.07) is 9.05. The van der Waals surface area contributed by atoms with E-state index in [1.54, 1.807) is 18.2 Å². The standard InChI is InChI=1S/C13H8Cl3FO/c14-7-8-1-3-10(6-11(8)15)18-13-4-2-9(17)5-12(13)16/h1-6H,7H2. The first-order valence-electron chi connectivity index (χ1n) is 5.07. The summed E-state index contributed by atoms with van der Waals surface area (Å²) in [5, 5.41) is 0.716. The smallest absolute Gasteiger partial charge is 0.146 e. The molecule has 2 aromatic rings. The van der Waals surface area contributed by atoms with Crippen molar-refractivity contribution in [3.05, 3.63) is 57.8 Å². The van der Waals surface area contributed by atoms with Gasteiger partial charge in [0, 0.05) is 10.9 Å². The highest BCUT2D eigenvalue weighted by molar-refractivity contribution is 6.32. The Morgan fingerprint density at radius 2 is 1.78 bits per heavy atom. The number of rotatable bonds is 3. The van der Waals surface area contributed by atoms with Gasteiger partial charge in [0.25, 0.3) is 0 Å². The highest BCUT2D eigenvalue weighted by Gasteiger charge is 2.06. The number of alkyl halides is 1. The minimum Gasteiger partial charge on any atom is -0.456 e. The second-order valence-electron chi connectivity index (χ2n) is 3.56. The summed E-state index contributed by atoms with van der Waals surface area (Å²) in [6.45, 7) is 0. The van der Waals surface area contributed by atoms with E-state index in [1.165, 1.54) is 18.2 Å². The van der Waals surface area contributed by atoms with Crippen molar-refractivity contribution in [2.45, 2.75) is 5.88 Å². The Morgan fingerprint density at radius 1 is 1.00 bits per heavy atom. The summed E-state index contributed by atoms with van der Waals surface area (Å²) in [4.78, 5) is 0. The molecule has 5 heteroatoms. The lowest BCUT2D eigenvalue weighted by atomic mass is 10.2. The summed E-state index contributed by atoms with van der Waals surface area (Å²) in [6.07, 6.45) is 0. The van der Waals surface area contributed by atoms with E-state index < -0.39 is 5.82 Å². The van der Waals surface area contributed by atoms with Crippen molar-refractivity contribution in [2.75, 3.05) is 0 Å². The number of halogens is 4. The third kappa shape index (κ3) is 3.08. The van der Waals surface area contributed by atoms with Crippen LogP contribution in [0.1, 0.15) is 5.56 Å². The van der Waals surface area contributed by atoms with Crippen LogP contribution in [0.3, 0.4) is 0 Å². The second kappa shape index (κ2) is 5.79. The predicted octanol–water partition coefficient (Wildman–Crippen LogP) is 5.66. The van der Waals surface area contributed by atoms with Crippen LogP contribution in [0.4, 0.5) is 4.39 Å². The first kappa shape index (κ1) is 13.5. The molecule has 2 aromatic carbocycles. The van der Waals surface area contributed by atoms with Gasteiger partial charge in [-0.2, -0.15) is 0 Å². The first-order chi connectivity index (χ1) is 8.60. The molecule has 2 rings (SSSR count). The molecule has 0 heterocycles. The second-order valence-corrected chi connectivity index (χ2v) is 4.65. The topological polar surface area (TPSA) is 9.23 Å². The SMILES string of the molecule is Fc1ccc(Oc2ccc(CCl)c(Cl)c2)c(Cl)c1. The third-order valence-electron chi connectivity index (χ3n) is 2.29. The summed E-state index contributed by atoms with van der Waals surface area (Å²) in [7, 11) is 0. The van der Waals surface area contributed by atoms with Crippen molar-refractivity contribution in [2.24, 2.45) is 0 Å². The highest BCUT2D eigenvalue weighted by Crippen LogP contribution is 2.32. The molecule has 0 unspecified atom stereocenters. The Morgan fingerprint density at radius 3 is 2.39 bits per heavy atom. The van der Waals surface area contributed by atoms with E-state index in [-0.39, 0.29) is 5.02 Å². The van der Waals surface area contributed by atoms with Crippen LogP contribution in [0.25, 0.3) is 0 Å². The molecule has 0 saturated heterocycles. The molecule has 94 valence electrons. The van der Waals surface area contributed by atoms with Crippen LogP contribution in [0.2, 0.25) is 10.0 Å². The molecule has 0 bridgehead atoms. The quantitative estimate of drug-likeness (QED) is 0.664. The minimum absolute atomic E-state index is 0.201. The van der Waals surface area contributed by atoms with Crippen LogP contribution < -0.4 is 4.74 Å². The van der Waals surface area contributed by atoms with Crippen molar-refractivity contribution >= 4 is 34.8 Å². The highest BCUT2D eigenvalue weighted by atomic mass is 35.5. The molecule has 0 aliphatic rings. The maximum atomic E-state index is 12.9. The number of benzene rings is 2. The zero-order valence-electron chi connectivity index (χ0n) is 9.09. The van der Waals surface area contributed by atoms with Crippen molar-refractivity contribution in [3.8, 4) is 11.5 Å². The fourth-order valence-corrected chi connectivity index (χ4v) is 2.13. The molecule has 0 amide bonds. The zero-order chi connectivity index (χ0) is 13.1. The van der Waals surface area contributed by atoms with Crippen molar-refractivity contribution < 1.29 is 9.13 Å². The lowest BCUT2D eigenvalue weighted by molar-refractivity contribution is 0.481. The van der Waals surface area contributed by atoms with Crippen molar-refractivity contribution in [3.63, 3.8) is 0 Å². The maximum absolute atomic E-state index is 12.9. The monoisotopic (exact) mass is 304 g/mol. The van der Waals surface area contributed by atoms with Gasteiger partial charge in [-0.15, -0.1) is 11.6 Å². The molecule has 0 aromatic heterocycles. The lowest BCUT2D eigenvalue weighted by Gasteiger charge is -2.09. The number of ether oxygens (including phenoxy) is 1. The molecular formula is C13H8Cl3FO. The van der Waals surface area contributed by atoms with E-state index in [0.717, 1.165) is 5.56 Å². The van der Waals surface area contributed by atoms with Gasteiger partial charge in [-0.3, -0.25) is 0 Å². The van der Waals surface area contributed by atoms with Crippen LogP contribution in [-0.2, 0) is 5.88 Å². The normalized spacial score (nSPS) is 10.4. The fourth-order valence-electron chi connectivity index (χ4n) is 1.38. The molecule has 1 nitrogen and oxygen atoms in total. The van der Waals surface area contributed by atoms with Gasteiger partial charge in [0.1, 0.15) is 17.3 Å². The van der Waals surface area contributed by atoms with Crippen LogP contribution in [-0.4, -0.2) is 0 Å². The predicted molar refractivity (Wildman–Crippen MR) is 72.5 cm³/mol. The molecule has 0 spiro atoms. The fraction of sp³-hybridized carbons (Fsp3) is 0.0769. The third-order valence-corrected chi connectivity index (χ3v) is 3.23. The van der Waals surface area contributed by atoms with Gasteiger partial charge in [0.15, 0.2) is 0 Å². The molecular weight excluding hydrogens is 297 g/mol. The zero-order valence-corrected chi connectivity index (χ0v) is 11.4. The average Bonchev–Trinajstić information content (AvgIpc) is 2.33. The van der Waals surface area contributed by atoms with Gasteiger partial charge < -0.3 is 4.74 Å². The summed E-state index contributed by atoms with van der Waals surface area (Å²) < 4.78 is 18.4. The van der Waals surface area contributed by atoms with E-state index in [0.29, 0.717) is 22.4 Å². The Kier molecular flexibility index (Phi) is 4.33. The van der Waals surface area contributed by atoms with Crippen LogP contribution in [0, 0.1) is 5.82 Å². The van der Waals surface area contributed by atoms with E-state index >= 15 is 0 Å². The van der Waals surface area contributed by atoms with E-state index in [2.05, 4.69) is 0 Å². The molecule has 0 N–H and O–H groups in total. The van der Waals surface area contributed by atoms with Gasteiger partial charge in [-0.05, 0) is 35.9 Å². The minimum atomic E-state index is -0.414. The van der Waals surface area contributed by atoms with Crippen LogP contribution in [0.5, 0.6) is 11.5 Å². The Balaban J connectivity index is 2.26. The van der Waals surface area contributed by atoms with Crippen LogP contribution >= 0.6 is 34.8 Å². The Bertz CT molecular complexity index is 572. The Labute approximate surface area is 119 Å². The van der Waals surface area contributed by atoms with Gasteiger partial charge in [-0.25, -0.2) is 4.39 Å². The van der Waals surface area contributed by atoms with E-state index in [9.17, 15) is 4.39 Å². The molecule has 18 heavy (non-hydrogen) atoms. The number of hydrogen-bond acceptors (Lipinski definition) is 1. The first-order valence-corrected chi connectivity index (χ1v) is 6.36. The van der Waals surface area contributed by atoms with Gasteiger partial charge in [0.2, 0.25) is 0 Å². The van der Waals surface area contributed by atoms with E-state index in [4.69, 9.17) is 39.5 Å².